The first-order valence-electron chi connectivity index (χ1n) is 5.34. The van der Waals surface area contributed by atoms with E-state index in [2.05, 4.69) is 0 Å². The summed E-state index contributed by atoms with van der Waals surface area (Å²) in [4.78, 5) is 11.3. The monoisotopic (exact) mass is 230 g/mol. The largest absolute Gasteiger partial charge is 0.352 e. The third-order valence-corrected chi connectivity index (χ3v) is 2.80. The molecule has 0 amide bonds. The lowest BCUT2D eigenvalue weighted by atomic mass is 9.99. The van der Waals surface area contributed by atoms with E-state index >= 15 is 0 Å². The Morgan fingerprint density at radius 3 is 2.41 bits per heavy atom. The zero-order valence-electron chi connectivity index (χ0n) is 9.84. The molecular formula is C14H14O3. The van der Waals surface area contributed by atoms with Gasteiger partial charge in [0, 0.05) is 25.3 Å². The maximum absolute atomic E-state index is 11.3. The number of carbonyl (C=O) groups excluding carboxylic acids is 1. The first kappa shape index (κ1) is 11.8. The third-order valence-electron chi connectivity index (χ3n) is 2.80. The molecule has 0 fully saturated rings. The van der Waals surface area contributed by atoms with Gasteiger partial charge in [-0.1, -0.05) is 36.4 Å². The first-order chi connectivity index (χ1) is 8.31. The van der Waals surface area contributed by atoms with E-state index in [1.54, 1.807) is 14.2 Å². The molecule has 0 unspecified atom stereocenters. The van der Waals surface area contributed by atoms with Gasteiger partial charge in [0.15, 0.2) is 12.6 Å². The highest BCUT2D eigenvalue weighted by Crippen LogP contribution is 2.27. The van der Waals surface area contributed by atoms with Crippen molar-refractivity contribution in [2.24, 2.45) is 0 Å². The number of benzene rings is 2. The van der Waals surface area contributed by atoms with Crippen LogP contribution in [0.5, 0.6) is 0 Å². The van der Waals surface area contributed by atoms with E-state index < -0.39 is 6.29 Å². The second-order valence-corrected chi connectivity index (χ2v) is 3.71. The fraction of sp³-hybridized carbons (Fsp3) is 0.214. The molecule has 0 N–H and O–H groups in total. The lowest BCUT2D eigenvalue weighted by molar-refractivity contribution is -0.106. The molecule has 0 radical (unpaired) electrons. The van der Waals surface area contributed by atoms with Crippen molar-refractivity contribution < 1.29 is 14.3 Å². The van der Waals surface area contributed by atoms with E-state index in [4.69, 9.17) is 9.47 Å². The van der Waals surface area contributed by atoms with Gasteiger partial charge in [-0.3, -0.25) is 4.79 Å². The molecule has 0 saturated carbocycles. The van der Waals surface area contributed by atoms with Crippen LogP contribution in [0.4, 0.5) is 0 Å². The molecule has 2 rings (SSSR count). The summed E-state index contributed by atoms with van der Waals surface area (Å²) in [6, 6.07) is 11.6. The minimum Gasteiger partial charge on any atom is -0.352 e. The second kappa shape index (κ2) is 5.08. The Hall–Kier alpha value is -1.71. The topological polar surface area (TPSA) is 35.5 Å². The number of ether oxygens (including phenoxy) is 2. The van der Waals surface area contributed by atoms with Crippen molar-refractivity contribution in [3.63, 3.8) is 0 Å². The summed E-state index contributed by atoms with van der Waals surface area (Å²) in [6.07, 6.45) is 0.336. The van der Waals surface area contributed by atoms with Gasteiger partial charge < -0.3 is 9.47 Å². The molecule has 3 heteroatoms. The van der Waals surface area contributed by atoms with Crippen LogP contribution in [0.15, 0.2) is 36.4 Å². The van der Waals surface area contributed by atoms with Gasteiger partial charge in [-0.15, -0.1) is 0 Å². The van der Waals surface area contributed by atoms with Gasteiger partial charge in [0.1, 0.15) is 0 Å². The minimum atomic E-state index is -0.514. The zero-order valence-corrected chi connectivity index (χ0v) is 9.84. The van der Waals surface area contributed by atoms with E-state index in [1.807, 2.05) is 36.4 Å². The standard InChI is InChI=1S/C14H14O3/c1-16-14(17-2)12-8-7-10-5-3-4-6-11(10)13(12)9-15/h3-9,14H,1-2H3. The van der Waals surface area contributed by atoms with Crippen LogP contribution in [0.1, 0.15) is 22.2 Å². The van der Waals surface area contributed by atoms with Gasteiger partial charge in [-0.25, -0.2) is 0 Å². The van der Waals surface area contributed by atoms with Crippen molar-refractivity contribution in [3.05, 3.63) is 47.5 Å². The number of aldehydes is 1. The summed E-state index contributed by atoms with van der Waals surface area (Å²) in [7, 11) is 3.11. The van der Waals surface area contributed by atoms with Crippen molar-refractivity contribution in [2.45, 2.75) is 6.29 Å². The Labute approximate surface area is 100.0 Å². The Morgan fingerprint density at radius 1 is 1.06 bits per heavy atom. The number of fused-ring (bicyclic) bond motifs is 1. The fourth-order valence-corrected chi connectivity index (χ4v) is 2.00. The lowest BCUT2D eigenvalue weighted by Crippen LogP contribution is -2.07. The number of carbonyl (C=O) groups is 1. The van der Waals surface area contributed by atoms with E-state index in [9.17, 15) is 4.79 Å². The molecule has 88 valence electrons. The van der Waals surface area contributed by atoms with E-state index in [0.29, 0.717) is 5.56 Å². The van der Waals surface area contributed by atoms with Crippen molar-refractivity contribution in [2.75, 3.05) is 14.2 Å². The number of hydrogen-bond acceptors (Lipinski definition) is 3. The van der Waals surface area contributed by atoms with Gasteiger partial charge in [-0.2, -0.15) is 0 Å². The quantitative estimate of drug-likeness (QED) is 0.598. The van der Waals surface area contributed by atoms with Gasteiger partial charge in [-0.05, 0) is 10.8 Å². The molecule has 0 aliphatic rings. The molecule has 0 bridgehead atoms. The van der Waals surface area contributed by atoms with Crippen molar-refractivity contribution in [1.82, 2.24) is 0 Å². The highest BCUT2D eigenvalue weighted by molar-refractivity contribution is 5.99. The predicted octanol–water partition coefficient (Wildman–Crippen LogP) is 2.94. The van der Waals surface area contributed by atoms with Crippen molar-refractivity contribution >= 4 is 17.1 Å². The Bertz CT molecular complexity index is 530. The lowest BCUT2D eigenvalue weighted by Gasteiger charge is -2.16. The number of rotatable bonds is 4. The number of methoxy groups -OCH3 is 2. The molecule has 0 aliphatic heterocycles. The maximum Gasteiger partial charge on any atom is 0.183 e. The van der Waals surface area contributed by atoms with Crippen LogP contribution in [-0.4, -0.2) is 20.5 Å². The first-order valence-corrected chi connectivity index (χ1v) is 5.34. The van der Waals surface area contributed by atoms with E-state index in [-0.39, 0.29) is 0 Å². The summed E-state index contributed by atoms with van der Waals surface area (Å²) in [6.45, 7) is 0. The van der Waals surface area contributed by atoms with Crippen LogP contribution in [0, 0.1) is 0 Å². The van der Waals surface area contributed by atoms with Gasteiger partial charge in [0.25, 0.3) is 0 Å². The molecule has 0 spiro atoms. The van der Waals surface area contributed by atoms with Gasteiger partial charge >= 0.3 is 0 Å². The van der Waals surface area contributed by atoms with Crippen LogP contribution in [0.2, 0.25) is 0 Å². The molecule has 0 heterocycles. The molecule has 2 aromatic carbocycles. The summed E-state index contributed by atoms with van der Waals surface area (Å²) in [5.41, 5.74) is 1.38. The zero-order chi connectivity index (χ0) is 12.3. The van der Waals surface area contributed by atoms with Crippen molar-refractivity contribution in [1.29, 1.82) is 0 Å². The van der Waals surface area contributed by atoms with Crippen LogP contribution in [0.3, 0.4) is 0 Å². The third kappa shape index (κ3) is 2.07. The molecule has 0 atom stereocenters. The molecule has 0 aliphatic carbocycles. The summed E-state index contributed by atoms with van der Waals surface area (Å²) in [5.74, 6) is 0. The van der Waals surface area contributed by atoms with Gasteiger partial charge in [0.05, 0.1) is 0 Å². The molecule has 3 nitrogen and oxygen atoms in total. The van der Waals surface area contributed by atoms with Crippen LogP contribution in [-0.2, 0) is 9.47 Å². The average Bonchev–Trinajstić information content (AvgIpc) is 2.39. The summed E-state index contributed by atoms with van der Waals surface area (Å²) in [5, 5.41) is 1.95. The molecule has 2 aromatic rings. The molecule has 0 aromatic heterocycles. The summed E-state index contributed by atoms with van der Waals surface area (Å²) < 4.78 is 10.4. The summed E-state index contributed by atoms with van der Waals surface area (Å²) >= 11 is 0. The Kier molecular flexibility index (Phi) is 3.52. The smallest absolute Gasteiger partial charge is 0.183 e. The Morgan fingerprint density at radius 2 is 1.76 bits per heavy atom. The normalized spacial score (nSPS) is 11.0. The van der Waals surface area contributed by atoms with Gasteiger partial charge in [0.2, 0.25) is 0 Å². The van der Waals surface area contributed by atoms with E-state index in [0.717, 1.165) is 22.6 Å². The predicted molar refractivity (Wildman–Crippen MR) is 66.1 cm³/mol. The maximum atomic E-state index is 11.3. The fourth-order valence-electron chi connectivity index (χ4n) is 2.00. The van der Waals surface area contributed by atoms with E-state index in [1.165, 1.54) is 0 Å². The van der Waals surface area contributed by atoms with Crippen LogP contribution in [0.25, 0.3) is 10.8 Å². The molecule has 0 saturated heterocycles. The SMILES string of the molecule is COC(OC)c1ccc2ccccc2c1C=O. The average molecular weight is 230 g/mol. The van der Waals surface area contributed by atoms with Crippen molar-refractivity contribution in [3.8, 4) is 0 Å². The van der Waals surface area contributed by atoms with Crippen LogP contribution < -0.4 is 0 Å². The highest BCUT2D eigenvalue weighted by atomic mass is 16.7. The molecule has 17 heavy (non-hydrogen) atoms. The minimum absolute atomic E-state index is 0.514. The number of hydrogen-bond donors (Lipinski definition) is 0. The highest BCUT2D eigenvalue weighted by Gasteiger charge is 2.15. The Balaban J connectivity index is 2.68. The molecular weight excluding hydrogens is 216 g/mol. The van der Waals surface area contributed by atoms with Crippen LogP contribution >= 0.6 is 0 Å². The second-order valence-electron chi connectivity index (χ2n) is 3.71.